The van der Waals surface area contributed by atoms with E-state index in [0.29, 0.717) is 30.1 Å². The molecule has 35 heavy (non-hydrogen) atoms. The SMILES string of the molecule is C=CCc1cc(/C=C(/C#N)C(=O)Nc2ccccc2F)cc(OCC)c1OCc1ccc(F)cc1. The second-order valence-corrected chi connectivity index (χ2v) is 7.45. The van der Waals surface area contributed by atoms with Crippen LogP contribution in [0.15, 0.2) is 78.9 Å². The molecule has 0 aliphatic carbocycles. The van der Waals surface area contributed by atoms with Crippen LogP contribution in [0.4, 0.5) is 14.5 Å². The number of halogens is 2. The predicted octanol–water partition coefficient (Wildman–Crippen LogP) is 6.22. The number of nitrogens with one attached hydrogen (secondary N) is 1. The Morgan fingerprint density at radius 3 is 2.51 bits per heavy atom. The van der Waals surface area contributed by atoms with Gasteiger partial charge in [0.25, 0.3) is 5.91 Å². The first-order chi connectivity index (χ1) is 16.9. The van der Waals surface area contributed by atoms with Gasteiger partial charge < -0.3 is 14.8 Å². The van der Waals surface area contributed by atoms with Gasteiger partial charge >= 0.3 is 0 Å². The van der Waals surface area contributed by atoms with Crippen molar-refractivity contribution >= 4 is 17.7 Å². The maximum absolute atomic E-state index is 13.9. The summed E-state index contributed by atoms with van der Waals surface area (Å²) in [5.41, 5.74) is 1.80. The number of nitrogens with zero attached hydrogens (tertiary/aromatic N) is 1. The molecular formula is C28H24F2N2O3. The highest BCUT2D eigenvalue weighted by Crippen LogP contribution is 2.35. The third-order valence-corrected chi connectivity index (χ3v) is 4.91. The number of amides is 1. The maximum Gasteiger partial charge on any atom is 0.266 e. The molecule has 0 saturated carbocycles. The smallest absolute Gasteiger partial charge is 0.266 e. The van der Waals surface area contributed by atoms with Crippen molar-refractivity contribution in [3.05, 3.63) is 107 Å². The van der Waals surface area contributed by atoms with Crippen LogP contribution in [0.5, 0.6) is 11.5 Å². The largest absolute Gasteiger partial charge is 0.490 e. The molecule has 5 nitrogen and oxygen atoms in total. The predicted molar refractivity (Wildman–Crippen MR) is 131 cm³/mol. The van der Waals surface area contributed by atoms with E-state index in [4.69, 9.17) is 9.47 Å². The summed E-state index contributed by atoms with van der Waals surface area (Å²) in [6, 6.07) is 17.0. The van der Waals surface area contributed by atoms with Gasteiger partial charge in [-0.1, -0.05) is 30.3 Å². The number of allylic oxidation sites excluding steroid dienone is 1. The molecule has 0 unspecified atom stereocenters. The second kappa shape index (κ2) is 12.1. The van der Waals surface area contributed by atoms with Gasteiger partial charge in [0.15, 0.2) is 11.5 Å². The average molecular weight is 475 g/mol. The standard InChI is InChI=1S/C28H24F2N2O3/c1-3-7-21-14-20(15-22(17-31)28(33)32-25-9-6-5-8-24(25)30)16-26(34-4-2)27(21)35-18-19-10-12-23(29)13-11-19/h3,5-6,8-16H,1,4,7,18H2,2H3,(H,32,33)/b22-15-. The molecular weight excluding hydrogens is 450 g/mol. The Bertz CT molecular complexity index is 1280. The lowest BCUT2D eigenvalue weighted by Crippen LogP contribution is -2.14. The molecule has 0 atom stereocenters. The van der Waals surface area contributed by atoms with Crippen molar-refractivity contribution in [2.45, 2.75) is 20.0 Å². The van der Waals surface area contributed by atoms with Gasteiger partial charge in [0, 0.05) is 5.56 Å². The highest BCUT2D eigenvalue weighted by atomic mass is 19.1. The van der Waals surface area contributed by atoms with Gasteiger partial charge in [-0.3, -0.25) is 4.79 Å². The molecule has 3 rings (SSSR count). The van der Waals surface area contributed by atoms with E-state index in [1.54, 1.807) is 36.4 Å². The molecule has 0 aliphatic rings. The zero-order valence-corrected chi connectivity index (χ0v) is 19.2. The highest BCUT2D eigenvalue weighted by molar-refractivity contribution is 6.09. The van der Waals surface area contributed by atoms with E-state index in [1.807, 2.05) is 13.0 Å². The highest BCUT2D eigenvalue weighted by Gasteiger charge is 2.16. The summed E-state index contributed by atoms with van der Waals surface area (Å²) in [5.74, 6) is -0.765. The first kappa shape index (κ1) is 25.2. The van der Waals surface area contributed by atoms with E-state index in [-0.39, 0.29) is 23.7 Å². The molecule has 7 heteroatoms. The van der Waals surface area contributed by atoms with Gasteiger partial charge in [-0.25, -0.2) is 8.78 Å². The van der Waals surface area contributed by atoms with Crippen molar-refractivity contribution in [3.63, 3.8) is 0 Å². The number of para-hydroxylation sites is 1. The third kappa shape index (κ3) is 6.78. The van der Waals surface area contributed by atoms with Gasteiger partial charge in [0.2, 0.25) is 0 Å². The summed E-state index contributed by atoms with van der Waals surface area (Å²) < 4.78 is 38.9. The number of hydrogen-bond acceptors (Lipinski definition) is 4. The minimum absolute atomic E-state index is 0.0226. The molecule has 1 N–H and O–H groups in total. The van der Waals surface area contributed by atoms with Gasteiger partial charge in [0.1, 0.15) is 29.9 Å². The number of benzene rings is 3. The van der Waals surface area contributed by atoms with Crippen molar-refractivity contribution < 1.29 is 23.0 Å². The Hall–Kier alpha value is -4.44. The van der Waals surface area contributed by atoms with Crippen LogP contribution >= 0.6 is 0 Å². The summed E-state index contributed by atoms with van der Waals surface area (Å²) in [6.45, 7) is 6.15. The van der Waals surface area contributed by atoms with E-state index in [1.165, 1.54) is 36.4 Å². The fraction of sp³-hybridized carbons (Fsp3) is 0.143. The first-order valence-corrected chi connectivity index (χ1v) is 10.9. The lowest BCUT2D eigenvalue weighted by atomic mass is 10.0. The molecule has 178 valence electrons. The molecule has 0 spiro atoms. The monoisotopic (exact) mass is 474 g/mol. The normalized spacial score (nSPS) is 10.9. The summed E-state index contributed by atoms with van der Waals surface area (Å²) in [5, 5.41) is 12.0. The van der Waals surface area contributed by atoms with Crippen molar-refractivity contribution in [1.29, 1.82) is 5.26 Å². The number of ether oxygens (including phenoxy) is 2. The summed E-state index contributed by atoms with van der Waals surface area (Å²) in [7, 11) is 0. The van der Waals surface area contributed by atoms with Crippen molar-refractivity contribution in [2.24, 2.45) is 0 Å². The maximum atomic E-state index is 13.9. The van der Waals surface area contributed by atoms with Gasteiger partial charge in [-0.15, -0.1) is 6.58 Å². The first-order valence-electron chi connectivity index (χ1n) is 10.9. The van der Waals surface area contributed by atoms with Crippen LogP contribution in [0.3, 0.4) is 0 Å². The fourth-order valence-electron chi connectivity index (χ4n) is 3.30. The zero-order valence-electron chi connectivity index (χ0n) is 19.2. The number of hydrogen-bond donors (Lipinski definition) is 1. The number of carbonyl (C=O) groups is 1. The number of rotatable bonds is 10. The van der Waals surface area contributed by atoms with Crippen LogP contribution in [0.1, 0.15) is 23.6 Å². The molecule has 0 radical (unpaired) electrons. The van der Waals surface area contributed by atoms with Crippen LogP contribution in [0, 0.1) is 23.0 Å². The molecule has 3 aromatic carbocycles. The van der Waals surface area contributed by atoms with Crippen LogP contribution in [-0.4, -0.2) is 12.5 Å². The second-order valence-electron chi connectivity index (χ2n) is 7.45. The molecule has 0 heterocycles. The van der Waals surface area contributed by atoms with Crippen LogP contribution in [-0.2, 0) is 17.8 Å². The van der Waals surface area contributed by atoms with Gasteiger partial charge in [-0.05, 0) is 66.9 Å². The molecule has 0 bridgehead atoms. The van der Waals surface area contributed by atoms with E-state index in [0.717, 1.165) is 11.1 Å². The zero-order chi connectivity index (χ0) is 25.2. The average Bonchev–Trinajstić information content (AvgIpc) is 2.85. The van der Waals surface area contributed by atoms with E-state index < -0.39 is 11.7 Å². The Morgan fingerprint density at radius 2 is 1.86 bits per heavy atom. The molecule has 0 fully saturated rings. The topological polar surface area (TPSA) is 71.4 Å². The van der Waals surface area contributed by atoms with Crippen LogP contribution in [0.2, 0.25) is 0 Å². The number of anilines is 1. The van der Waals surface area contributed by atoms with Crippen LogP contribution < -0.4 is 14.8 Å². The Labute approximate surface area is 202 Å². The van der Waals surface area contributed by atoms with Crippen molar-refractivity contribution in [2.75, 3.05) is 11.9 Å². The Morgan fingerprint density at radius 1 is 1.11 bits per heavy atom. The minimum Gasteiger partial charge on any atom is -0.490 e. The third-order valence-electron chi connectivity index (χ3n) is 4.91. The van der Waals surface area contributed by atoms with E-state index in [2.05, 4.69) is 11.9 Å². The molecule has 0 saturated heterocycles. The van der Waals surface area contributed by atoms with Crippen molar-refractivity contribution in [3.8, 4) is 17.6 Å². The van der Waals surface area contributed by atoms with E-state index >= 15 is 0 Å². The quantitative estimate of drug-likeness (QED) is 0.215. The Kier molecular flexibility index (Phi) is 8.74. The van der Waals surface area contributed by atoms with Crippen molar-refractivity contribution in [1.82, 2.24) is 0 Å². The van der Waals surface area contributed by atoms with E-state index in [9.17, 15) is 18.8 Å². The van der Waals surface area contributed by atoms with Crippen LogP contribution in [0.25, 0.3) is 6.08 Å². The summed E-state index contributed by atoms with van der Waals surface area (Å²) in [4.78, 5) is 12.6. The summed E-state index contributed by atoms with van der Waals surface area (Å²) in [6.07, 6.45) is 3.53. The molecule has 1 amide bonds. The van der Waals surface area contributed by atoms with Gasteiger partial charge in [0.05, 0.1) is 12.3 Å². The van der Waals surface area contributed by atoms with Gasteiger partial charge in [-0.2, -0.15) is 5.26 Å². The summed E-state index contributed by atoms with van der Waals surface area (Å²) >= 11 is 0. The fourth-order valence-corrected chi connectivity index (χ4v) is 3.30. The number of carbonyl (C=O) groups excluding carboxylic acids is 1. The molecule has 0 aliphatic heterocycles. The molecule has 3 aromatic rings. The lowest BCUT2D eigenvalue weighted by Gasteiger charge is -2.17. The number of nitriles is 1. The molecule has 0 aromatic heterocycles. The Balaban J connectivity index is 1.93. The lowest BCUT2D eigenvalue weighted by molar-refractivity contribution is -0.112. The minimum atomic E-state index is -0.738.